The molecular weight excluding hydrogens is 1040 g/mol. The smallest absolute Gasteiger partial charge is 0.268 e. The molecule has 16 nitrogen and oxygen atoms in total. The Bertz CT molecular complexity index is 3230. The summed E-state index contributed by atoms with van der Waals surface area (Å²) in [6, 6.07) is 21.9. The maximum atomic E-state index is 14.1. The van der Waals surface area contributed by atoms with Crippen molar-refractivity contribution in [2.75, 3.05) is 36.8 Å². The second-order valence-corrected chi connectivity index (χ2v) is 26.4. The zero-order valence-corrected chi connectivity index (χ0v) is 49.2. The molecule has 0 spiro atoms. The van der Waals surface area contributed by atoms with Crippen LogP contribution < -0.4 is 21.3 Å². The number of aliphatic hydroxyl groups is 1. The Labute approximate surface area is 470 Å². The molecule has 5 heterocycles. The average Bonchev–Trinajstić information content (AvgIpc) is 4.29. The van der Waals surface area contributed by atoms with E-state index in [-0.39, 0.29) is 47.0 Å². The third kappa shape index (κ3) is 14.7. The first-order valence-corrected chi connectivity index (χ1v) is 29.3. The number of benzene rings is 3. The molecule has 1 unspecified atom stereocenters. The van der Waals surface area contributed by atoms with Gasteiger partial charge in [-0.25, -0.2) is 9.97 Å². The van der Waals surface area contributed by atoms with E-state index in [4.69, 9.17) is 4.98 Å². The van der Waals surface area contributed by atoms with Crippen LogP contribution in [0.4, 0.5) is 11.1 Å². The summed E-state index contributed by atoms with van der Waals surface area (Å²) in [4.78, 5) is 68.8. The van der Waals surface area contributed by atoms with Crippen molar-refractivity contribution >= 4 is 80.2 Å². The lowest BCUT2D eigenvalue weighted by Gasteiger charge is -2.37. The number of imidazole rings is 1. The number of thioether (sulfide) groups is 1. The average molecular weight is 1110 g/mol. The standard InChI is InChI=1S/C59H75N11O5S3/c1-36-26-42(34-76-51-33-62-56(78-51)67-52(72)43-15-12-40(13-16-43)29-60-38(3)57(5,6)7)27-45(37(36)2)54(74)69-24-22-68(23-25-69)50(71)20-21-58(8,9)39(4)61-30-41-14-17-47-46(28-41)65-55(70(47)35-59(10,11)75)66-53(73)49-19-18-48(77-49)44-31-63-64-32-44/h12-19,26-28,31-33,38-39,60-61,75H,20-25,29-30,34-35H2,1-11H3,(H,63,64)(H,62,67,72)(H,65,66,73)/t38?,39-/m0/s1. The summed E-state index contributed by atoms with van der Waals surface area (Å²) in [5, 5.41) is 31.4. The molecule has 4 aromatic heterocycles. The van der Waals surface area contributed by atoms with Crippen LogP contribution in [0.25, 0.3) is 21.5 Å². The lowest BCUT2D eigenvalue weighted by atomic mass is 9.80. The number of fused-ring (bicyclic) bond motifs is 1. The zero-order chi connectivity index (χ0) is 56.1. The number of carbonyl (C=O) groups is 4. The Morgan fingerprint density at radius 2 is 1.47 bits per heavy atom. The summed E-state index contributed by atoms with van der Waals surface area (Å²) in [6.07, 6.45) is 6.36. The molecule has 2 atom stereocenters. The molecule has 0 saturated carbocycles. The highest BCUT2D eigenvalue weighted by Gasteiger charge is 2.31. The third-order valence-electron chi connectivity index (χ3n) is 15.1. The molecule has 7 aromatic rings. The minimum Gasteiger partial charge on any atom is -0.389 e. The maximum Gasteiger partial charge on any atom is 0.268 e. The van der Waals surface area contributed by atoms with E-state index in [9.17, 15) is 24.3 Å². The van der Waals surface area contributed by atoms with Gasteiger partial charge in [0.05, 0.1) is 44.7 Å². The number of nitrogens with zero attached hydrogens (tertiary/aromatic N) is 6. The normalized spacial score (nSPS) is 14.2. The first kappa shape index (κ1) is 57.9. The number of H-pyrrole nitrogens is 1. The number of piperazine rings is 1. The van der Waals surface area contributed by atoms with E-state index in [1.165, 1.54) is 22.7 Å². The zero-order valence-electron chi connectivity index (χ0n) is 46.8. The number of anilines is 2. The van der Waals surface area contributed by atoms with E-state index < -0.39 is 5.60 Å². The van der Waals surface area contributed by atoms with E-state index in [1.54, 1.807) is 50.3 Å². The summed E-state index contributed by atoms with van der Waals surface area (Å²) >= 11 is 4.41. The van der Waals surface area contributed by atoms with E-state index in [0.29, 0.717) is 90.0 Å². The highest BCUT2D eigenvalue weighted by atomic mass is 32.2. The number of aromatic amines is 1. The fourth-order valence-electron chi connectivity index (χ4n) is 9.07. The Hall–Kier alpha value is -6.22. The van der Waals surface area contributed by atoms with E-state index in [0.717, 1.165) is 54.5 Å². The van der Waals surface area contributed by atoms with Crippen LogP contribution in [0.1, 0.15) is 133 Å². The lowest BCUT2D eigenvalue weighted by Crippen LogP contribution is -2.51. The first-order valence-electron chi connectivity index (χ1n) is 26.7. The van der Waals surface area contributed by atoms with Crippen molar-refractivity contribution in [2.24, 2.45) is 10.8 Å². The minimum atomic E-state index is -1.06. The van der Waals surface area contributed by atoms with Crippen LogP contribution in [-0.2, 0) is 30.2 Å². The fraction of sp³-hybridized carbons (Fsp3) is 0.441. The molecule has 414 valence electrons. The Morgan fingerprint density at radius 3 is 2.17 bits per heavy atom. The number of rotatable bonds is 21. The molecule has 1 fully saturated rings. The van der Waals surface area contributed by atoms with Crippen LogP contribution in [0.2, 0.25) is 0 Å². The molecule has 8 rings (SSSR count). The molecule has 4 amide bonds. The van der Waals surface area contributed by atoms with Gasteiger partial charge in [0.1, 0.15) is 0 Å². The molecule has 19 heteroatoms. The first-order chi connectivity index (χ1) is 36.9. The largest absolute Gasteiger partial charge is 0.389 e. The summed E-state index contributed by atoms with van der Waals surface area (Å²) in [7, 11) is 0. The molecule has 78 heavy (non-hydrogen) atoms. The Balaban J connectivity index is 0.788. The van der Waals surface area contributed by atoms with Gasteiger partial charge in [-0.15, -0.1) is 23.1 Å². The number of hydrogen-bond donors (Lipinski definition) is 6. The summed E-state index contributed by atoms with van der Waals surface area (Å²) in [5.74, 6) is 0.572. The highest BCUT2D eigenvalue weighted by molar-refractivity contribution is 8.00. The molecule has 1 saturated heterocycles. The van der Waals surface area contributed by atoms with Gasteiger partial charge in [-0.3, -0.25) is 34.9 Å². The van der Waals surface area contributed by atoms with Crippen LogP contribution in [0.3, 0.4) is 0 Å². The van der Waals surface area contributed by atoms with Crippen LogP contribution >= 0.6 is 34.4 Å². The molecular formula is C59H75N11O5S3. The van der Waals surface area contributed by atoms with Gasteiger partial charge in [0.25, 0.3) is 17.7 Å². The van der Waals surface area contributed by atoms with Crippen LogP contribution in [-0.4, -0.2) is 107 Å². The topological polar surface area (TPSA) is 202 Å². The van der Waals surface area contributed by atoms with Gasteiger partial charge in [0.2, 0.25) is 11.9 Å². The second-order valence-electron chi connectivity index (χ2n) is 23.0. The highest BCUT2D eigenvalue weighted by Crippen LogP contribution is 2.34. The number of amides is 4. The summed E-state index contributed by atoms with van der Waals surface area (Å²) in [5.41, 5.74) is 7.69. The van der Waals surface area contributed by atoms with E-state index >= 15 is 0 Å². The van der Waals surface area contributed by atoms with Crippen molar-refractivity contribution in [3.05, 3.63) is 129 Å². The predicted octanol–water partition coefficient (Wildman–Crippen LogP) is 10.9. The lowest BCUT2D eigenvalue weighted by molar-refractivity contribution is -0.133. The molecule has 0 radical (unpaired) electrons. The van der Waals surface area contributed by atoms with Crippen molar-refractivity contribution in [3.63, 3.8) is 0 Å². The molecule has 0 aliphatic carbocycles. The van der Waals surface area contributed by atoms with Gasteiger partial charge in [-0.1, -0.05) is 70.2 Å². The molecule has 0 bridgehead atoms. The summed E-state index contributed by atoms with van der Waals surface area (Å²) in [6.45, 7) is 26.2. The number of nitrogens with one attached hydrogen (secondary N) is 5. The number of thiazole rings is 1. The quantitative estimate of drug-likeness (QED) is 0.0374. The fourth-order valence-corrected chi connectivity index (χ4v) is 11.7. The van der Waals surface area contributed by atoms with Gasteiger partial charge < -0.3 is 30.1 Å². The van der Waals surface area contributed by atoms with Crippen molar-refractivity contribution in [2.45, 2.75) is 136 Å². The van der Waals surface area contributed by atoms with Crippen LogP contribution in [0, 0.1) is 24.7 Å². The van der Waals surface area contributed by atoms with Crippen molar-refractivity contribution in [3.8, 4) is 10.4 Å². The van der Waals surface area contributed by atoms with Crippen LogP contribution in [0.5, 0.6) is 0 Å². The Kier molecular flexibility index (Phi) is 18.1. The maximum absolute atomic E-state index is 14.1. The molecule has 3 aromatic carbocycles. The van der Waals surface area contributed by atoms with Gasteiger partial charge in [0, 0.05) is 91.3 Å². The van der Waals surface area contributed by atoms with Crippen LogP contribution in [0.15, 0.2) is 89.5 Å². The number of carbonyl (C=O) groups excluding carboxylic acids is 4. The van der Waals surface area contributed by atoms with Gasteiger partial charge >= 0.3 is 0 Å². The van der Waals surface area contributed by atoms with Crippen molar-refractivity contribution in [1.82, 2.24) is 45.2 Å². The van der Waals surface area contributed by atoms with Crippen molar-refractivity contribution < 1.29 is 24.3 Å². The number of hydrogen-bond acceptors (Lipinski definition) is 13. The second kappa shape index (κ2) is 24.4. The Morgan fingerprint density at radius 1 is 0.782 bits per heavy atom. The van der Waals surface area contributed by atoms with Gasteiger partial charge in [-0.2, -0.15) is 5.10 Å². The van der Waals surface area contributed by atoms with Gasteiger partial charge in [0.15, 0.2) is 5.13 Å². The number of aromatic nitrogens is 5. The van der Waals surface area contributed by atoms with E-state index in [1.807, 2.05) is 82.8 Å². The molecule has 1 aliphatic heterocycles. The molecule has 1 aliphatic rings. The SMILES string of the molecule is Cc1cc(CSc2cnc(NC(=O)c3ccc(CNC(C)C(C)(C)C)cc3)s2)cc(C(=O)N2CCN(C(=O)CCC(C)(C)[C@H](C)NCc3ccc4c(c3)nc(NC(=O)c3ccc(-c5cn[nH]c5)s3)n4CC(C)(C)O)CC2)c1C. The number of thiophene rings is 1. The molecule has 6 N–H and O–H groups in total. The predicted molar refractivity (Wildman–Crippen MR) is 315 cm³/mol. The minimum absolute atomic E-state index is 0.0224. The number of aryl methyl sites for hydroxylation is 1. The summed E-state index contributed by atoms with van der Waals surface area (Å²) < 4.78 is 2.80. The third-order valence-corrected chi connectivity index (χ3v) is 18.4. The van der Waals surface area contributed by atoms with Gasteiger partial charge in [-0.05, 0) is 129 Å². The van der Waals surface area contributed by atoms with Crippen molar-refractivity contribution in [1.29, 1.82) is 0 Å². The van der Waals surface area contributed by atoms with E-state index in [2.05, 4.69) is 91.0 Å². The monoisotopic (exact) mass is 1110 g/mol.